The lowest BCUT2D eigenvalue weighted by Crippen LogP contribution is -2.21. The van der Waals surface area contributed by atoms with Crippen molar-refractivity contribution in [2.75, 3.05) is 0 Å². The molecule has 0 radical (unpaired) electrons. The molecular weight excluding hydrogens is 310 g/mol. The Bertz CT molecular complexity index is 1110. The number of rotatable bonds is 3. The van der Waals surface area contributed by atoms with Crippen LogP contribution in [-0.4, -0.2) is 14.2 Å². The largest absolute Gasteiger partial charge is 0.308 e. The fourth-order valence-corrected chi connectivity index (χ4v) is 2.97. The van der Waals surface area contributed by atoms with E-state index < -0.39 is 0 Å². The van der Waals surface area contributed by atoms with Gasteiger partial charge in [-0.05, 0) is 42.7 Å². The molecule has 4 rings (SSSR count). The van der Waals surface area contributed by atoms with Crippen LogP contribution in [0.3, 0.4) is 0 Å². The lowest BCUT2D eigenvalue weighted by molar-refractivity contribution is 0.743. The molecule has 0 unspecified atom stereocenters. The molecule has 0 fully saturated rings. The van der Waals surface area contributed by atoms with E-state index in [1.54, 1.807) is 15.3 Å². The van der Waals surface area contributed by atoms with Crippen molar-refractivity contribution in [2.45, 2.75) is 20.4 Å². The van der Waals surface area contributed by atoms with Crippen LogP contribution in [0.25, 0.3) is 16.8 Å². The van der Waals surface area contributed by atoms with Gasteiger partial charge < -0.3 is 4.57 Å². The molecule has 4 nitrogen and oxygen atoms in total. The molecule has 2 aromatic carbocycles. The topological polar surface area (TPSA) is 39.3 Å². The van der Waals surface area contributed by atoms with Crippen LogP contribution in [-0.2, 0) is 6.54 Å². The van der Waals surface area contributed by atoms with Crippen molar-refractivity contribution >= 4 is 5.52 Å². The number of nitrogens with zero attached hydrogens (tertiary/aromatic N) is 3. The van der Waals surface area contributed by atoms with Crippen LogP contribution in [0.5, 0.6) is 0 Å². The van der Waals surface area contributed by atoms with E-state index in [4.69, 9.17) is 0 Å². The Morgan fingerprint density at radius 1 is 0.920 bits per heavy atom. The van der Waals surface area contributed by atoms with Crippen molar-refractivity contribution in [1.82, 2.24) is 14.2 Å². The van der Waals surface area contributed by atoms with Gasteiger partial charge in [0, 0.05) is 18.0 Å². The average molecular weight is 329 g/mol. The quantitative estimate of drug-likeness (QED) is 0.573. The summed E-state index contributed by atoms with van der Waals surface area (Å²) in [4.78, 5) is 12.8. The van der Waals surface area contributed by atoms with Crippen molar-refractivity contribution < 1.29 is 0 Å². The van der Waals surface area contributed by atoms with Crippen molar-refractivity contribution in [1.29, 1.82) is 0 Å². The third-order valence-electron chi connectivity index (χ3n) is 4.60. The first-order valence-electron chi connectivity index (χ1n) is 8.32. The number of hydrogen-bond acceptors (Lipinski definition) is 2. The van der Waals surface area contributed by atoms with E-state index in [-0.39, 0.29) is 5.56 Å². The summed E-state index contributed by atoms with van der Waals surface area (Å²) in [6.07, 6.45) is 3.63. The van der Waals surface area contributed by atoms with Crippen LogP contribution in [0.2, 0.25) is 0 Å². The Morgan fingerprint density at radius 2 is 1.72 bits per heavy atom. The van der Waals surface area contributed by atoms with Gasteiger partial charge in [0.1, 0.15) is 5.52 Å². The molecule has 0 aliphatic heterocycles. The summed E-state index contributed by atoms with van der Waals surface area (Å²) in [7, 11) is 0. The Morgan fingerprint density at radius 3 is 2.48 bits per heavy atom. The summed E-state index contributed by atoms with van der Waals surface area (Å²) < 4.78 is 3.38. The summed E-state index contributed by atoms with van der Waals surface area (Å²) in [6, 6.07) is 18.1. The van der Waals surface area contributed by atoms with E-state index in [2.05, 4.69) is 31.1 Å². The number of aryl methyl sites for hydroxylation is 2. The third-order valence-corrected chi connectivity index (χ3v) is 4.60. The van der Waals surface area contributed by atoms with Gasteiger partial charge >= 0.3 is 0 Å². The van der Waals surface area contributed by atoms with Gasteiger partial charge in [0.2, 0.25) is 0 Å². The molecule has 0 aliphatic carbocycles. The number of hydrogen-bond donors (Lipinski definition) is 0. The number of aromatic nitrogens is 3. The van der Waals surface area contributed by atoms with Gasteiger partial charge in [-0.15, -0.1) is 0 Å². The molecular formula is C21H19N3O. The smallest absolute Gasteiger partial charge is 0.276 e. The molecule has 25 heavy (non-hydrogen) atoms. The van der Waals surface area contributed by atoms with Crippen LogP contribution in [0.15, 0.2) is 71.8 Å². The molecule has 0 bridgehead atoms. The summed E-state index contributed by atoms with van der Waals surface area (Å²) in [5.74, 6) is 0. The first kappa shape index (κ1) is 15.4. The highest BCUT2D eigenvalue weighted by atomic mass is 16.1. The lowest BCUT2D eigenvalue weighted by atomic mass is 10.0. The SMILES string of the molecule is Cc1ccc(-c2cc3c(=O)n(Cc4ccccc4)ccn3n2)cc1C. The third kappa shape index (κ3) is 2.87. The molecule has 0 N–H and O–H groups in total. The standard InChI is InChI=1S/C21H19N3O/c1-15-8-9-18(12-16(15)2)19-13-20-21(25)23(10-11-24(20)22-19)14-17-6-4-3-5-7-17/h3-13H,14H2,1-2H3. The molecule has 0 atom stereocenters. The molecule has 124 valence electrons. The zero-order valence-electron chi connectivity index (χ0n) is 14.3. The zero-order chi connectivity index (χ0) is 17.4. The Balaban J connectivity index is 1.77. The molecule has 2 heterocycles. The summed E-state index contributed by atoms with van der Waals surface area (Å²) in [6.45, 7) is 4.73. The van der Waals surface area contributed by atoms with Crippen molar-refractivity contribution in [3.8, 4) is 11.3 Å². The predicted octanol–water partition coefficient (Wildman–Crippen LogP) is 3.83. The molecule has 4 aromatic rings. The molecule has 0 amide bonds. The van der Waals surface area contributed by atoms with E-state index in [1.807, 2.05) is 48.7 Å². The average Bonchev–Trinajstić information content (AvgIpc) is 3.06. The summed E-state index contributed by atoms with van der Waals surface area (Å²) >= 11 is 0. The highest BCUT2D eigenvalue weighted by molar-refractivity contribution is 5.66. The van der Waals surface area contributed by atoms with Crippen molar-refractivity contribution in [2.24, 2.45) is 0 Å². The zero-order valence-corrected chi connectivity index (χ0v) is 14.3. The Hall–Kier alpha value is -3.14. The fraction of sp³-hybridized carbons (Fsp3) is 0.143. The van der Waals surface area contributed by atoms with Gasteiger partial charge in [0.25, 0.3) is 5.56 Å². The molecule has 0 aliphatic rings. The van der Waals surface area contributed by atoms with Gasteiger partial charge in [-0.3, -0.25) is 4.79 Å². The van der Waals surface area contributed by atoms with E-state index in [9.17, 15) is 4.79 Å². The second kappa shape index (κ2) is 6.06. The minimum absolute atomic E-state index is 0.0334. The van der Waals surface area contributed by atoms with Gasteiger partial charge in [0.05, 0.1) is 12.2 Å². The van der Waals surface area contributed by atoms with E-state index in [0.717, 1.165) is 16.8 Å². The van der Waals surface area contributed by atoms with E-state index >= 15 is 0 Å². The summed E-state index contributed by atoms with van der Waals surface area (Å²) in [5, 5.41) is 4.57. The Kier molecular flexibility index (Phi) is 3.73. The first-order chi connectivity index (χ1) is 12.1. The van der Waals surface area contributed by atoms with Gasteiger partial charge in [-0.1, -0.05) is 42.5 Å². The second-order valence-electron chi connectivity index (χ2n) is 6.38. The van der Waals surface area contributed by atoms with Crippen LogP contribution in [0.1, 0.15) is 16.7 Å². The minimum atomic E-state index is -0.0334. The molecule has 4 heteroatoms. The molecule has 2 aromatic heterocycles. The fourth-order valence-electron chi connectivity index (χ4n) is 2.97. The van der Waals surface area contributed by atoms with Crippen molar-refractivity contribution in [3.05, 3.63) is 94.0 Å². The minimum Gasteiger partial charge on any atom is -0.308 e. The number of fused-ring (bicyclic) bond motifs is 1. The highest BCUT2D eigenvalue weighted by Gasteiger charge is 2.10. The first-order valence-corrected chi connectivity index (χ1v) is 8.32. The van der Waals surface area contributed by atoms with Gasteiger partial charge in [-0.2, -0.15) is 5.10 Å². The predicted molar refractivity (Wildman–Crippen MR) is 99.9 cm³/mol. The number of benzene rings is 2. The molecule has 0 saturated heterocycles. The van der Waals surface area contributed by atoms with Crippen LogP contribution in [0, 0.1) is 13.8 Å². The van der Waals surface area contributed by atoms with Crippen molar-refractivity contribution in [3.63, 3.8) is 0 Å². The van der Waals surface area contributed by atoms with Gasteiger partial charge in [0.15, 0.2) is 0 Å². The lowest BCUT2D eigenvalue weighted by Gasteiger charge is -2.05. The molecule has 0 saturated carbocycles. The normalized spacial score (nSPS) is 11.1. The monoisotopic (exact) mass is 329 g/mol. The highest BCUT2D eigenvalue weighted by Crippen LogP contribution is 2.21. The van der Waals surface area contributed by atoms with E-state index in [0.29, 0.717) is 12.1 Å². The van der Waals surface area contributed by atoms with Gasteiger partial charge in [-0.25, -0.2) is 4.52 Å². The van der Waals surface area contributed by atoms with Crippen LogP contribution >= 0.6 is 0 Å². The summed E-state index contributed by atoms with van der Waals surface area (Å²) in [5.41, 5.74) is 5.97. The van der Waals surface area contributed by atoms with Crippen LogP contribution in [0.4, 0.5) is 0 Å². The maximum Gasteiger partial charge on any atom is 0.276 e. The Labute approximate surface area is 146 Å². The van der Waals surface area contributed by atoms with E-state index in [1.165, 1.54) is 11.1 Å². The second-order valence-corrected chi connectivity index (χ2v) is 6.38. The molecule has 0 spiro atoms. The van der Waals surface area contributed by atoms with Crippen LogP contribution < -0.4 is 5.56 Å². The maximum atomic E-state index is 12.8. The maximum absolute atomic E-state index is 12.8.